The molecule has 1 aromatic carbocycles. The van der Waals surface area contributed by atoms with Crippen molar-refractivity contribution in [1.82, 2.24) is 20.4 Å². The van der Waals surface area contributed by atoms with Gasteiger partial charge in [-0.25, -0.2) is 0 Å². The normalized spacial score (nSPS) is 26.6. The third kappa shape index (κ3) is 3.05. The van der Waals surface area contributed by atoms with Crippen LogP contribution in [0.2, 0.25) is 0 Å². The fourth-order valence-electron chi connectivity index (χ4n) is 4.05. The van der Waals surface area contributed by atoms with Gasteiger partial charge in [0.05, 0.1) is 24.1 Å². The Hall–Kier alpha value is -2.12. The molecule has 0 aliphatic carbocycles. The summed E-state index contributed by atoms with van der Waals surface area (Å²) in [5.41, 5.74) is 1.10. The van der Waals surface area contributed by atoms with Gasteiger partial charge in [0.25, 0.3) is 5.91 Å². The fourth-order valence-corrected chi connectivity index (χ4v) is 4.05. The lowest BCUT2D eigenvalue weighted by molar-refractivity contribution is 0.0148. The van der Waals surface area contributed by atoms with Gasteiger partial charge in [-0.15, -0.1) is 0 Å². The van der Waals surface area contributed by atoms with E-state index in [1.807, 2.05) is 10.7 Å². The molecule has 2 saturated heterocycles. The minimum atomic E-state index is -0.218. The Labute approximate surface area is 152 Å². The number of aromatic hydroxyl groups is 1. The first-order valence-corrected chi connectivity index (χ1v) is 9.41. The van der Waals surface area contributed by atoms with Crippen molar-refractivity contribution < 1.29 is 14.6 Å². The number of aromatic nitrogens is 2. The van der Waals surface area contributed by atoms with Gasteiger partial charge < -0.3 is 20.5 Å². The van der Waals surface area contributed by atoms with Crippen molar-refractivity contribution in [2.45, 2.75) is 57.3 Å². The first-order chi connectivity index (χ1) is 12.6. The summed E-state index contributed by atoms with van der Waals surface area (Å²) in [4.78, 5) is 13.0. The van der Waals surface area contributed by atoms with Crippen LogP contribution >= 0.6 is 0 Å². The Morgan fingerprint density at radius 1 is 1.42 bits per heavy atom. The second-order valence-electron chi connectivity index (χ2n) is 7.46. The van der Waals surface area contributed by atoms with Crippen LogP contribution in [0, 0.1) is 0 Å². The Kier molecular flexibility index (Phi) is 4.58. The standard InChI is InChI=1S/C19H26N4O3/c1-3-11(2)23-15-5-4-6-16(24)17(15)18(22-23)19(25)21-12-7-13-9-26-10-14(8-12)20-13/h4-6,11-14,20,24H,3,7-10H2,1-2H3,(H,21,25)/t11?,12?,13-,14+. The molecule has 4 atom stereocenters. The van der Waals surface area contributed by atoms with Crippen LogP contribution in [-0.2, 0) is 4.74 Å². The molecule has 7 nitrogen and oxygen atoms in total. The number of nitrogens with one attached hydrogen (secondary N) is 2. The second kappa shape index (κ2) is 6.89. The number of phenols is 1. The van der Waals surface area contributed by atoms with Crippen LogP contribution in [0.25, 0.3) is 10.9 Å². The predicted molar refractivity (Wildman–Crippen MR) is 98.4 cm³/mol. The Bertz CT molecular complexity index is 806. The lowest BCUT2D eigenvalue weighted by Crippen LogP contribution is -2.58. The molecule has 140 valence electrons. The molecule has 2 aromatic rings. The van der Waals surface area contributed by atoms with E-state index in [1.165, 1.54) is 0 Å². The number of phenolic OH excluding ortho intramolecular Hbond substituents is 1. The molecule has 1 amide bonds. The smallest absolute Gasteiger partial charge is 0.272 e. The number of benzene rings is 1. The van der Waals surface area contributed by atoms with Gasteiger partial charge in [-0.3, -0.25) is 9.48 Å². The number of carbonyl (C=O) groups excluding carboxylic acids is 1. The number of morpholine rings is 1. The summed E-state index contributed by atoms with van der Waals surface area (Å²) in [5.74, 6) is -0.123. The summed E-state index contributed by atoms with van der Waals surface area (Å²) in [5, 5.41) is 22.1. The van der Waals surface area contributed by atoms with Crippen molar-refractivity contribution in [3.8, 4) is 5.75 Å². The molecule has 4 rings (SSSR count). The van der Waals surface area contributed by atoms with Crippen molar-refractivity contribution in [1.29, 1.82) is 0 Å². The number of hydrogen-bond donors (Lipinski definition) is 3. The van der Waals surface area contributed by atoms with E-state index in [0.717, 1.165) is 24.8 Å². The summed E-state index contributed by atoms with van der Waals surface area (Å²) >= 11 is 0. The van der Waals surface area contributed by atoms with Gasteiger partial charge in [-0.05, 0) is 38.3 Å². The third-order valence-corrected chi connectivity index (χ3v) is 5.52. The third-order valence-electron chi connectivity index (χ3n) is 5.52. The van der Waals surface area contributed by atoms with Crippen molar-refractivity contribution in [3.05, 3.63) is 23.9 Å². The van der Waals surface area contributed by atoms with Gasteiger partial charge in [0, 0.05) is 24.2 Å². The highest BCUT2D eigenvalue weighted by molar-refractivity contribution is 6.07. The van der Waals surface area contributed by atoms with E-state index in [4.69, 9.17) is 4.74 Å². The van der Waals surface area contributed by atoms with Crippen LogP contribution in [0.15, 0.2) is 18.2 Å². The zero-order valence-corrected chi connectivity index (χ0v) is 15.2. The molecule has 0 spiro atoms. The lowest BCUT2D eigenvalue weighted by Gasteiger charge is -2.40. The number of ether oxygens (including phenoxy) is 1. The fraction of sp³-hybridized carbons (Fsp3) is 0.579. The molecule has 0 radical (unpaired) electrons. The monoisotopic (exact) mass is 358 g/mol. The highest BCUT2D eigenvalue weighted by atomic mass is 16.5. The van der Waals surface area contributed by atoms with E-state index in [0.29, 0.717) is 24.3 Å². The highest BCUT2D eigenvalue weighted by Gasteiger charge is 2.33. The minimum absolute atomic E-state index is 0.0947. The molecule has 0 saturated carbocycles. The van der Waals surface area contributed by atoms with E-state index in [2.05, 4.69) is 29.6 Å². The van der Waals surface area contributed by atoms with Crippen molar-refractivity contribution >= 4 is 16.8 Å². The van der Waals surface area contributed by atoms with Crippen LogP contribution in [0.3, 0.4) is 0 Å². The number of carbonyl (C=O) groups is 1. The zero-order valence-electron chi connectivity index (χ0n) is 15.2. The Balaban J connectivity index is 1.62. The van der Waals surface area contributed by atoms with Gasteiger partial charge in [0.1, 0.15) is 5.75 Å². The maximum atomic E-state index is 13.0. The molecule has 1 aromatic heterocycles. The summed E-state index contributed by atoms with van der Waals surface area (Å²) in [6.07, 6.45) is 2.58. The van der Waals surface area contributed by atoms with E-state index in [9.17, 15) is 9.90 Å². The van der Waals surface area contributed by atoms with Gasteiger partial charge in [0.15, 0.2) is 5.69 Å². The Morgan fingerprint density at radius 3 is 2.85 bits per heavy atom. The number of hydrogen-bond acceptors (Lipinski definition) is 5. The molecule has 2 unspecified atom stereocenters. The molecule has 2 aliphatic rings. The molecule has 2 bridgehead atoms. The largest absolute Gasteiger partial charge is 0.507 e. The molecule has 3 N–H and O–H groups in total. The highest BCUT2D eigenvalue weighted by Crippen LogP contribution is 2.30. The molecule has 3 heterocycles. The van der Waals surface area contributed by atoms with Crippen LogP contribution in [0.4, 0.5) is 0 Å². The van der Waals surface area contributed by atoms with Crippen LogP contribution < -0.4 is 10.6 Å². The van der Waals surface area contributed by atoms with Crippen LogP contribution in [0.1, 0.15) is 49.6 Å². The summed E-state index contributed by atoms with van der Waals surface area (Å²) in [6, 6.07) is 6.11. The molecular formula is C19H26N4O3. The molecule has 26 heavy (non-hydrogen) atoms. The Morgan fingerprint density at radius 2 is 2.15 bits per heavy atom. The number of piperidine rings is 1. The first-order valence-electron chi connectivity index (χ1n) is 9.41. The van der Waals surface area contributed by atoms with Gasteiger partial charge in [-0.1, -0.05) is 13.0 Å². The summed E-state index contributed by atoms with van der Waals surface area (Å²) in [6.45, 7) is 5.52. The zero-order chi connectivity index (χ0) is 18.3. The lowest BCUT2D eigenvalue weighted by atomic mass is 9.92. The van der Waals surface area contributed by atoms with E-state index in [-0.39, 0.29) is 35.8 Å². The van der Waals surface area contributed by atoms with Crippen molar-refractivity contribution in [3.63, 3.8) is 0 Å². The topological polar surface area (TPSA) is 88.4 Å². The van der Waals surface area contributed by atoms with E-state index in [1.54, 1.807) is 12.1 Å². The van der Waals surface area contributed by atoms with Gasteiger partial charge in [-0.2, -0.15) is 5.10 Å². The number of fused-ring (bicyclic) bond motifs is 3. The number of amides is 1. The summed E-state index contributed by atoms with van der Waals surface area (Å²) < 4.78 is 7.41. The molecular weight excluding hydrogens is 332 g/mol. The van der Waals surface area contributed by atoms with Crippen LogP contribution in [0.5, 0.6) is 5.75 Å². The first kappa shape index (κ1) is 17.3. The number of rotatable bonds is 4. The maximum Gasteiger partial charge on any atom is 0.272 e. The maximum absolute atomic E-state index is 13.0. The van der Waals surface area contributed by atoms with Crippen LogP contribution in [-0.4, -0.2) is 52.1 Å². The van der Waals surface area contributed by atoms with Gasteiger partial charge in [0.2, 0.25) is 0 Å². The van der Waals surface area contributed by atoms with E-state index >= 15 is 0 Å². The second-order valence-corrected chi connectivity index (χ2v) is 7.46. The van der Waals surface area contributed by atoms with Crippen molar-refractivity contribution in [2.24, 2.45) is 0 Å². The SMILES string of the molecule is CCC(C)n1nc(C(=O)NC2C[C@H]3COC[C@@H](C2)N3)c2c(O)cccc21. The predicted octanol–water partition coefficient (Wildman–Crippen LogP) is 1.96. The molecule has 7 heteroatoms. The van der Waals surface area contributed by atoms with Gasteiger partial charge >= 0.3 is 0 Å². The van der Waals surface area contributed by atoms with Crippen molar-refractivity contribution in [2.75, 3.05) is 13.2 Å². The summed E-state index contributed by atoms with van der Waals surface area (Å²) in [7, 11) is 0. The average molecular weight is 358 g/mol. The quantitative estimate of drug-likeness (QED) is 0.778. The van der Waals surface area contributed by atoms with E-state index < -0.39 is 0 Å². The number of nitrogens with zero attached hydrogens (tertiary/aromatic N) is 2. The molecule has 2 aliphatic heterocycles. The minimum Gasteiger partial charge on any atom is -0.507 e. The average Bonchev–Trinajstić information content (AvgIpc) is 3.02. The molecule has 2 fully saturated rings.